The SMILES string of the molecule is COC(=O)CC(=O)N(C)Cc1c(C)cc(C)cc1C. The lowest BCUT2D eigenvalue weighted by molar-refractivity contribution is -0.146. The number of hydrogen-bond donors (Lipinski definition) is 0. The van der Waals surface area contributed by atoms with E-state index in [9.17, 15) is 9.59 Å². The second kappa shape index (κ2) is 6.36. The van der Waals surface area contributed by atoms with Crippen LogP contribution in [0.15, 0.2) is 12.1 Å². The molecule has 1 amide bonds. The summed E-state index contributed by atoms with van der Waals surface area (Å²) >= 11 is 0. The minimum atomic E-state index is -0.505. The van der Waals surface area contributed by atoms with E-state index >= 15 is 0 Å². The fraction of sp³-hybridized carbons (Fsp3) is 0.467. The molecule has 1 aromatic carbocycles. The minimum Gasteiger partial charge on any atom is -0.469 e. The Kier molecular flexibility index (Phi) is 5.10. The number of benzene rings is 1. The van der Waals surface area contributed by atoms with Gasteiger partial charge in [-0.15, -0.1) is 0 Å². The Hall–Kier alpha value is -1.84. The molecule has 19 heavy (non-hydrogen) atoms. The van der Waals surface area contributed by atoms with Crippen LogP contribution in [0.2, 0.25) is 0 Å². The molecule has 0 N–H and O–H groups in total. The van der Waals surface area contributed by atoms with E-state index in [1.54, 1.807) is 11.9 Å². The second-order valence-corrected chi connectivity index (χ2v) is 4.88. The van der Waals surface area contributed by atoms with Gasteiger partial charge in [0.25, 0.3) is 0 Å². The maximum Gasteiger partial charge on any atom is 0.315 e. The molecule has 0 spiro atoms. The van der Waals surface area contributed by atoms with Crippen LogP contribution in [-0.4, -0.2) is 30.9 Å². The van der Waals surface area contributed by atoms with Crippen molar-refractivity contribution < 1.29 is 14.3 Å². The lowest BCUT2D eigenvalue weighted by atomic mass is 9.99. The van der Waals surface area contributed by atoms with Crippen molar-refractivity contribution in [1.82, 2.24) is 4.90 Å². The van der Waals surface area contributed by atoms with E-state index in [0.717, 1.165) is 16.7 Å². The Morgan fingerprint density at radius 1 is 1.16 bits per heavy atom. The molecule has 0 aliphatic rings. The summed E-state index contributed by atoms with van der Waals surface area (Å²) in [6, 6.07) is 4.20. The van der Waals surface area contributed by atoms with Crippen LogP contribution in [0, 0.1) is 20.8 Å². The standard InChI is InChI=1S/C15H21NO3/c1-10-6-11(2)13(12(3)7-10)9-16(4)14(17)8-15(18)19-5/h6-7H,8-9H2,1-5H3. The molecule has 4 nitrogen and oxygen atoms in total. The number of nitrogens with zero attached hydrogens (tertiary/aromatic N) is 1. The minimum absolute atomic E-state index is 0.211. The zero-order chi connectivity index (χ0) is 14.6. The molecule has 0 heterocycles. The number of hydrogen-bond acceptors (Lipinski definition) is 3. The van der Waals surface area contributed by atoms with E-state index < -0.39 is 5.97 Å². The summed E-state index contributed by atoms with van der Waals surface area (Å²) in [7, 11) is 2.98. The third-order valence-corrected chi connectivity index (χ3v) is 3.18. The van der Waals surface area contributed by atoms with Gasteiger partial charge in [-0.3, -0.25) is 9.59 Å². The molecule has 0 aromatic heterocycles. The van der Waals surface area contributed by atoms with Crippen molar-refractivity contribution in [3.8, 4) is 0 Å². The Morgan fingerprint density at radius 3 is 2.16 bits per heavy atom. The van der Waals surface area contributed by atoms with Gasteiger partial charge >= 0.3 is 5.97 Å². The first kappa shape index (κ1) is 15.2. The predicted molar refractivity (Wildman–Crippen MR) is 73.8 cm³/mol. The molecule has 0 saturated heterocycles. The molecule has 0 radical (unpaired) electrons. The summed E-state index contributed by atoms with van der Waals surface area (Å²) in [5, 5.41) is 0. The predicted octanol–water partition coefficient (Wildman–Crippen LogP) is 2.13. The maximum absolute atomic E-state index is 11.8. The van der Waals surface area contributed by atoms with Gasteiger partial charge < -0.3 is 9.64 Å². The van der Waals surface area contributed by atoms with Gasteiger partial charge in [0.15, 0.2) is 0 Å². The molecule has 4 heteroatoms. The van der Waals surface area contributed by atoms with Crippen molar-refractivity contribution in [1.29, 1.82) is 0 Å². The van der Waals surface area contributed by atoms with E-state index in [2.05, 4.69) is 23.8 Å². The Morgan fingerprint density at radius 2 is 1.68 bits per heavy atom. The smallest absolute Gasteiger partial charge is 0.315 e. The molecule has 1 aromatic rings. The summed E-state index contributed by atoms with van der Waals surface area (Å²) in [5.74, 6) is -0.736. The third kappa shape index (κ3) is 4.09. The summed E-state index contributed by atoms with van der Waals surface area (Å²) < 4.78 is 4.50. The molecule has 1 rings (SSSR count). The highest BCUT2D eigenvalue weighted by Gasteiger charge is 2.16. The van der Waals surface area contributed by atoms with Crippen LogP contribution in [0.25, 0.3) is 0 Å². The van der Waals surface area contributed by atoms with E-state index in [-0.39, 0.29) is 12.3 Å². The molecular formula is C15H21NO3. The highest BCUT2D eigenvalue weighted by atomic mass is 16.5. The van der Waals surface area contributed by atoms with Gasteiger partial charge in [0, 0.05) is 13.6 Å². The molecule has 0 saturated carbocycles. The van der Waals surface area contributed by atoms with Crippen molar-refractivity contribution in [3.63, 3.8) is 0 Å². The topological polar surface area (TPSA) is 46.6 Å². The number of ether oxygens (including phenoxy) is 1. The van der Waals surface area contributed by atoms with Crippen molar-refractivity contribution >= 4 is 11.9 Å². The van der Waals surface area contributed by atoms with E-state index in [0.29, 0.717) is 6.54 Å². The number of carbonyl (C=O) groups is 2. The van der Waals surface area contributed by atoms with Gasteiger partial charge in [0.1, 0.15) is 6.42 Å². The van der Waals surface area contributed by atoms with Gasteiger partial charge in [0.05, 0.1) is 7.11 Å². The maximum atomic E-state index is 11.8. The van der Waals surface area contributed by atoms with Crippen LogP contribution >= 0.6 is 0 Å². The molecule has 0 unspecified atom stereocenters. The number of carbonyl (C=O) groups excluding carboxylic acids is 2. The van der Waals surface area contributed by atoms with E-state index in [1.807, 2.05) is 13.8 Å². The van der Waals surface area contributed by atoms with Crippen molar-refractivity contribution in [3.05, 3.63) is 34.4 Å². The molecule has 0 aliphatic carbocycles. The Balaban J connectivity index is 2.80. The normalized spacial score (nSPS) is 10.2. The first-order chi connectivity index (χ1) is 8.85. The van der Waals surface area contributed by atoms with Gasteiger partial charge in [-0.1, -0.05) is 17.7 Å². The molecule has 0 bridgehead atoms. The summed E-state index contributed by atoms with van der Waals surface area (Å²) in [4.78, 5) is 24.5. The lowest BCUT2D eigenvalue weighted by Gasteiger charge is -2.20. The molecule has 0 aliphatic heterocycles. The number of amides is 1. The van der Waals surface area contributed by atoms with E-state index in [4.69, 9.17) is 0 Å². The Bertz CT molecular complexity index is 471. The number of rotatable bonds is 4. The fourth-order valence-corrected chi connectivity index (χ4v) is 2.12. The first-order valence-corrected chi connectivity index (χ1v) is 6.22. The zero-order valence-corrected chi connectivity index (χ0v) is 12.2. The summed E-state index contributed by atoms with van der Waals surface area (Å²) in [5.41, 5.74) is 4.67. The van der Waals surface area contributed by atoms with Gasteiger partial charge in [-0.25, -0.2) is 0 Å². The van der Waals surface area contributed by atoms with Crippen LogP contribution in [0.4, 0.5) is 0 Å². The van der Waals surface area contributed by atoms with Crippen molar-refractivity contribution in [2.24, 2.45) is 0 Å². The monoisotopic (exact) mass is 263 g/mol. The van der Waals surface area contributed by atoms with Crippen LogP contribution in [0.5, 0.6) is 0 Å². The zero-order valence-electron chi connectivity index (χ0n) is 12.2. The van der Waals surface area contributed by atoms with Gasteiger partial charge in [-0.05, 0) is 37.5 Å². The average Bonchev–Trinajstić information content (AvgIpc) is 2.32. The number of esters is 1. The molecule has 0 fully saturated rings. The van der Waals surface area contributed by atoms with E-state index in [1.165, 1.54) is 12.7 Å². The highest BCUT2D eigenvalue weighted by molar-refractivity contribution is 5.94. The van der Waals surface area contributed by atoms with Crippen LogP contribution in [0.1, 0.15) is 28.7 Å². The first-order valence-electron chi connectivity index (χ1n) is 6.22. The van der Waals surface area contributed by atoms with Crippen molar-refractivity contribution in [2.75, 3.05) is 14.2 Å². The van der Waals surface area contributed by atoms with Crippen LogP contribution in [0.3, 0.4) is 0 Å². The third-order valence-electron chi connectivity index (χ3n) is 3.18. The summed E-state index contributed by atoms with van der Waals surface area (Å²) in [6.07, 6.45) is -0.211. The second-order valence-electron chi connectivity index (χ2n) is 4.88. The molecule has 104 valence electrons. The van der Waals surface area contributed by atoms with Crippen molar-refractivity contribution in [2.45, 2.75) is 33.7 Å². The van der Waals surface area contributed by atoms with Gasteiger partial charge in [0.2, 0.25) is 5.91 Å². The lowest BCUT2D eigenvalue weighted by Crippen LogP contribution is -2.29. The highest BCUT2D eigenvalue weighted by Crippen LogP contribution is 2.18. The molecular weight excluding hydrogens is 242 g/mol. The quantitative estimate of drug-likeness (QED) is 0.617. The van der Waals surface area contributed by atoms with Crippen LogP contribution in [-0.2, 0) is 20.9 Å². The Labute approximate surface area is 114 Å². The van der Waals surface area contributed by atoms with Crippen LogP contribution < -0.4 is 0 Å². The summed E-state index contributed by atoms with van der Waals surface area (Å²) in [6.45, 7) is 6.63. The average molecular weight is 263 g/mol. The number of aryl methyl sites for hydroxylation is 3. The van der Waals surface area contributed by atoms with Gasteiger partial charge in [-0.2, -0.15) is 0 Å². The fourth-order valence-electron chi connectivity index (χ4n) is 2.12. The molecule has 0 atom stereocenters. The number of methoxy groups -OCH3 is 1. The largest absolute Gasteiger partial charge is 0.469 e.